The molecule has 0 radical (unpaired) electrons. The maximum atomic E-state index is 12.6. The van der Waals surface area contributed by atoms with Gasteiger partial charge in [0, 0.05) is 0 Å². The number of likely N-dealkylation sites (N-methyl/N-ethyl adjacent to an activating group) is 1. The number of anilines is 1. The number of esters is 1. The number of hydrogen-bond donors (Lipinski definition) is 1. The molecular weight excluding hydrogens is 406 g/mol. The summed E-state index contributed by atoms with van der Waals surface area (Å²) >= 11 is 3.04. The normalized spacial score (nSPS) is 13.8. The van der Waals surface area contributed by atoms with E-state index in [2.05, 4.69) is 10.3 Å². The van der Waals surface area contributed by atoms with Crippen molar-refractivity contribution in [1.29, 1.82) is 0 Å². The van der Waals surface area contributed by atoms with Crippen LogP contribution in [0.4, 0.5) is 5.00 Å². The fourth-order valence-corrected chi connectivity index (χ4v) is 5.35. The molecule has 3 aromatic rings. The molecule has 2 heterocycles. The van der Waals surface area contributed by atoms with Gasteiger partial charge in [-0.1, -0.05) is 12.1 Å². The van der Waals surface area contributed by atoms with Gasteiger partial charge in [-0.15, -0.1) is 22.7 Å². The molecule has 1 aliphatic carbocycles. The van der Waals surface area contributed by atoms with Gasteiger partial charge in [-0.05, 0) is 55.8 Å². The number of thiophene rings is 1. The van der Waals surface area contributed by atoms with Gasteiger partial charge >= 0.3 is 5.97 Å². The molecule has 6 nitrogen and oxygen atoms in total. The SMILES string of the molecule is CCOC(=O)c1c(C2CC2)csc1NC(=O)CN(C)Cc1nc2ccccc2s1. The number of thiazole rings is 1. The number of para-hydroxylation sites is 1. The lowest BCUT2D eigenvalue weighted by molar-refractivity contribution is -0.117. The van der Waals surface area contributed by atoms with E-state index in [0.717, 1.165) is 33.6 Å². The molecule has 0 unspecified atom stereocenters. The lowest BCUT2D eigenvalue weighted by atomic mass is 10.1. The van der Waals surface area contributed by atoms with Crippen LogP contribution in [0.5, 0.6) is 0 Å². The predicted molar refractivity (Wildman–Crippen MR) is 117 cm³/mol. The van der Waals surface area contributed by atoms with E-state index in [-0.39, 0.29) is 18.4 Å². The second-order valence-corrected chi connectivity index (χ2v) is 9.18. The summed E-state index contributed by atoms with van der Waals surface area (Å²) in [6.45, 7) is 2.91. The zero-order valence-corrected chi connectivity index (χ0v) is 18.1. The van der Waals surface area contributed by atoms with E-state index in [0.29, 0.717) is 29.6 Å². The van der Waals surface area contributed by atoms with Crippen molar-refractivity contribution in [2.45, 2.75) is 32.2 Å². The van der Waals surface area contributed by atoms with Crippen molar-refractivity contribution in [1.82, 2.24) is 9.88 Å². The number of fused-ring (bicyclic) bond motifs is 1. The zero-order valence-electron chi connectivity index (χ0n) is 16.4. The average molecular weight is 430 g/mol. The second-order valence-electron chi connectivity index (χ2n) is 7.19. The largest absolute Gasteiger partial charge is 0.462 e. The molecule has 152 valence electrons. The number of ether oxygens (including phenoxy) is 1. The van der Waals surface area contributed by atoms with E-state index >= 15 is 0 Å². The highest BCUT2D eigenvalue weighted by atomic mass is 32.1. The lowest BCUT2D eigenvalue weighted by Crippen LogP contribution is -2.30. The van der Waals surface area contributed by atoms with Crippen molar-refractivity contribution in [3.63, 3.8) is 0 Å². The fraction of sp³-hybridized carbons (Fsp3) is 0.381. The van der Waals surface area contributed by atoms with Crippen LogP contribution in [-0.4, -0.2) is 42.0 Å². The van der Waals surface area contributed by atoms with E-state index in [1.54, 1.807) is 18.3 Å². The number of hydrogen-bond acceptors (Lipinski definition) is 7. The molecule has 4 rings (SSSR count). The highest BCUT2D eigenvalue weighted by Gasteiger charge is 2.32. The second kappa shape index (κ2) is 8.61. The van der Waals surface area contributed by atoms with Crippen molar-refractivity contribution in [2.75, 3.05) is 25.5 Å². The van der Waals surface area contributed by atoms with Crippen molar-refractivity contribution < 1.29 is 14.3 Å². The first-order valence-electron chi connectivity index (χ1n) is 9.66. The summed E-state index contributed by atoms with van der Waals surface area (Å²) in [5.74, 6) is -0.0878. The molecule has 0 spiro atoms. The Hall–Kier alpha value is -2.29. The number of nitrogens with one attached hydrogen (secondary N) is 1. The van der Waals surface area contributed by atoms with Crippen LogP contribution >= 0.6 is 22.7 Å². The molecule has 1 fully saturated rings. The van der Waals surface area contributed by atoms with Crippen LogP contribution in [0.1, 0.15) is 46.6 Å². The number of benzene rings is 1. The van der Waals surface area contributed by atoms with E-state index in [1.807, 2.05) is 41.6 Å². The number of rotatable bonds is 8. The molecule has 1 amide bonds. The maximum Gasteiger partial charge on any atom is 0.341 e. The molecule has 0 atom stereocenters. The molecule has 0 bridgehead atoms. The minimum atomic E-state index is -0.353. The van der Waals surface area contributed by atoms with Gasteiger partial charge in [0.25, 0.3) is 0 Å². The summed E-state index contributed by atoms with van der Waals surface area (Å²) in [6, 6.07) is 8.02. The molecule has 0 saturated heterocycles. The Morgan fingerprint density at radius 1 is 1.31 bits per heavy atom. The van der Waals surface area contributed by atoms with Gasteiger partial charge in [0.1, 0.15) is 10.0 Å². The fourth-order valence-electron chi connectivity index (χ4n) is 3.26. The van der Waals surface area contributed by atoms with E-state index < -0.39 is 0 Å². The van der Waals surface area contributed by atoms with Crippen LogP contribution < -0.4 is 5.32 Å². The van der Waals surface area contributed by atoms with E-state index in [4.69, 9.17) is 4.74 Å². The van der Waals surface area contributed by atoms with Crippen molar-refractivity contribution in [3.05, 3.63) is 45.8 Å². The molecule has 1 aromatic carbocycles. The highest BCUT2D eigenvalue weighted by molar-refractivity contribution is 7.18. The molecule has 1 aliphatic rings. The smallest absolute Gasteiger partial charge is 0.341 e. The maximum absolute atomic E-state index is 12.6. The Morgan fingerprint density at radius 2 is 2.10 bits per heavy atom. The summed E-state index contributed by atoms with van der Waals surface area (Å²) in [4.78, 5) is 31.6. The molecule has 29 heavy (non-hydrogen) atoms. The number of carbonyl (C=O) groups excluding carboxylic acids is 2. The third-order valence-corrected chi connectivity index (χ3v) is 6.66. The summed E-state index contributed by atoms with van der Waals surface area (Å²) < 4.78 is 6.36. The molecule has 2 aromatic heterocycles. The van der Waals surface area contributed by atoms with Crippen LogP contribution in [0, 0.1) is 0 Å². The summed E-state index contributed by atoms with van der Waals surface area (Å²) in [5, 5.41) is 6.45. The number of nitrogens with zero attached hydrogens (tertiary/aromatic N) is 2. The van der Waals surface area contributed by atoms with Gasteiger partial charge in [0.05, 0.1) is 35.5 Å². The first kappa shape index (κ1) is 20.0. The molecule has 0 aliphatic heterocycles. The summed E-state index contributed by atoms with van der Waals surface area (Å²) in [5.41, 5.74) is 2.52. The molecule has 8 heteroatoms. The van der Waals surface area contributed by atoms with Gasteiger partial charge in [-0.25, -0.2) is 9.78 Å². The van der Waals surface area contributed by atoms with Crippen LogP contribution in [0.15, 0.2) is 29.6 Å². The Labute approximate surface area is 177 Å². The van der Waals surface area contributed by atoms with Crippen molar-refractivity contribution >= 4 is 49.8 Å². The summed E-state index contributed by atoms with van der Waals surface area (Å²) in [7, 11) is 1.89. The van der Waals surface area contributed by atoms with E-state index in [1.165, 1.54) is 11.3 Å². The van der Waals surface area contributed by atoms with Gasteiger partial charge in [0.15, 0.2) is 0 Å². The minimum absolute atomic E-state index is 0.150. The van der Waals surface area contributed by atoms with Crippen LogP contribution in [0.25, 0.3) is 10.2 Å². The number of amides is 1. The highest BCUT2D eigenvalue weighted by Crippen LogP contribution is 2.46. The van der Waals surface area contributed by atoms with E-state index in [9.17, 15) is 9.59 Å². The first-order chi connectivity index (χ1) is 14.0. The average Bonchev–Trinajstić information content (AvgIpc) is 3.31. The number of carbonyl (C=O) groups is 2. The molecule has 1 saturated carbocycles. The first-order valence-corrected chi connectivity index (χ1v) is 11.4. The van der Waals surface area contributed by atoms with Gasteiger partial charge in [0.2, 0.25) is 5.91 Å². The van der Waals surface area contributed by atoms with Gasteiger partial charge in [-0.3, -0.25) is 9.69 Å². The van der Waals surface area contributed by atoms with Gasteiger partial charge in [-0.2, -0.15) is 0 Å². The Bertz CT molecular complexity index is 1010. The number of aromatic nitrogens is 1. The third kappa shape index (κ3) is 4.66. The topological polar surface area (TPSA) is 71.5 Å². The van der Waals surface area contributed by atoms with Crippen LogP contribution in [0.3, 0.4) is 0 Å². The lowest BCUT2D eigenvalue weighted by Gasteiger charge is -2.15. The van der Waals surface area contributed by atoms with Crippen LogP contribution in [0.2, 0.25) is 0 Å². The van der Waals surface area contributed by atoms with Crippen molar-refractivity contribution in [3.8, 4) is 0 Å². The third-order valence-electron chi connectivity index (χ3n) is 4.73. The predicted octanol–water partition coefficient (Wildman–Crippen LogP) is 4.48. The Kier molecular flexibility index (Phi) is 5.94. The Balaban J connectivity index is 1.40. The monoisotopic (exact) mass is 429 g/mol. The summed E-state index contributed by atoms with van der Waals surface area (Å²) in [6.07, 6.45) is 2.17. The molecular formula is C21H23N3O3S2. The van der Waals surface area contributed by atoms with Crippen LogP contribution in [-0.2, 0) is 16.1 Å². The Morgan fingerprint density at radius 3 is 2.83 bits per heavy atom. The van der Waals surface area contributed by atoms with Crippen molar-refractivity contribution in [2.24, 2.45) is 0 Å². The molecule has 1 N–H and O–H groups in total. The zero-order chi connectivity index (χ0) is 20.4. The quantitative estimate of drug-likeness (QED) is 0.535. The standard InChI is InChI=1S/C21H23N3O3S2/c1-3-27-21(26)19-14(13-8-9-13)12-28-20(19)23-17(25)10-24(2)11-18-22-15-6-4-5-7-16(15)29-18/h4-7,12-13H,3,8-11H2,1-2H3,(H,23,25). The minimum Gasteiger partial charge on any atom is -0.462 e. The van der Waals surface area contributed by atoms with Gasteiger partial charge < -0.3 is 10.1 Å².